The van der Waals surface area contributed by atoms with Gasteiger partial charge in [0.2, 0.25) is 0 Å². The van der Waals surface area contributed by atoms with Crippen LogP contribution < -0.4 is 0 Å². The molecule has 80 valence electrons. The minimum atomic E-state index is -0.149. The smallest absolute Gasteiger partial charge is 0.162 e. The van der Waals surface area contributed by atoms with Crippen LogP contribution >= 0.6 is 0 Å². The molecule has 2 aliphatic rings. The van der Waals surface area contributed by atoms with E-state index in [1.165, 1.54) is 19.3 Å². The summed E-state index contributed by atoms with van der Waals surface area (Å²) in [6, 6.07) is 0. The summed E-state index contributed by atoms with van der Waals surface area (Å²) in [5.74, 6) is 0.746. The van der Waals surface area contributed by atoms with Gasteiger partial charge in [-0.3, -0.25) is 4.79 Å². The summed E-state index contributed by atoms with van der Waals surface area (Å²) in [4.78, 5) is 11.3. The zero-order valence-corrected chi connectivity index (χ0v) is 8.08. The zero-order chi connectivity index (χ0) is 9.31. The maximum atomic E-state index is 11.3. The summed E-state index contributed by atoms with van der Waals surface area (Å²) in [5.41, 5.74) is -0.149. The molecule has 0 N–H and O–H groups in total. The molecule has 2 heteroatoms. The number of hydrogen-bond acceptors (Lipinski definition) is 2. The minimum absolute atomic E-state index is 0. The number of ketones is 1. The predicted octanol–water partition coefficient (Wildman–Crippen LogP) is 3.07. The Hall–Kier alpha value is -0.790. The number of hydrogen-bond donors (Lipinski definition) is 0. The minimum Gasteiger partial charge on any atom is -0.494 e. The SMILES string of the molecule is C.CC1CCCCC12CC(=O)C=CO2. The molecule has 0 amide bonds. The average Bonchev–Trinajstić information content (AvgIpc) is 2.11. The van der Waals surface area contributed by atoms with Gasteiger partial charge in [-0.25, -0.2) is 0 Å². The van der Waals surface area contributed by atoms with Gasteiger partial charge in [-0.2, -0.15) is 0 Å². The molecule has 0 radical (unpaired) electrons. The van der Waals surface area contributed by atoms with Crippen LogP contribution in [0.25, 0.3) is 0 Å². The normalized spacial score (nSPS) is 36.4. The van der Waals surface area contributed by atoms with E-state index in [2.05, 4.69) is 6.92 Å². The molecule has 1 saturated carbocycles. The van der Waals surface area contributed by atoms with E-state index in [1.807, 2.05) is 0 Å². The quantitative estimate of drug-likeness (QED) is 0.595. The number of allylic oxidation sites excluding steroid dienone is 1. The number of ether oxygens (including phenoxy) is 1. The lowest BCUT2D eigenvalue weighted by Gasteiger charge is -2.42. The van der Waals surface area contributed by atoms with E-state index in [4.69, 9.17) is 4.74 Å². The Balaban J connectivity index is 0.000000980. The lowest BCUT2D eigenvalue weighted by Crippen LogP contribution is -2.44. The number of carbonyl (C=O) groups excluding carboxylic acids is 1. The molecule has 2 nitrogen and oxygen atoms in total. The van der Waals surface area contributed by atoms with Crippen LogP contribution in [0.4, 0.5) is 0 Å². The fourth-order valence-corrected chi connectivity index (χ4v) is 2.46. The Bertz CT molecular complexity index is 245. The third kappa shape index (κ3) is 1.84. The third-order valence-corrected chi connectivity index (χ3v) is 3.42. The molecule has 2 unspecified atom stereocenters. The Morgan fingerprint density at radius 3 is 2.93 bits per heavy atom. The molecule has 1 aliphatic carbocycles. The standard InChI is InChI=1S/C11H16O2.CH4/c1-9-4-2-3-6-11(9)8-10(12)5-7-13-11;/h5,7,9H,2-4,6,8H2,1H3;1H4. The van der Waals surface area contributed by atoms with Crippen LogP contribution in [0, 0.1) is 5.92 Å². The summed E-state index contributed by atoms with van der Waals surface area (Å²) in [7, 11) is 0. The molecule has 1 spiro atoms. The summed E-state index contributed by atoms with van der Waals surface area (Å²) in [5, 5.41) is 0. The molecule has 2 rings (SSSR count). The topological polar surface area (TPSA) is 26.3 Å². The van der Waals surface area contributed by atoms with Crippen molar-refractivity contribution in [2.45, 2.75) is 52.1 Å². The zero-order valence-electron chi connectivity index (χ0n) is 8.08. The van der Waals surface area contributed by atoms with Crippen molar-refractivity contribution < 1.29 is 9.53 Å². The highest BCUT2D eigenvalue weighted by atomic mass is 16.5. The van der Waals surface area contributed by atoms with E-state index in [0.29, 0.717) is 12.3 Å². The molecular weight excluding hydrogens is 176 g/mol. The van der Waals surface area contributed by atoms with Gasteiger partial charge in [0, 0.05) is 6.08 Å². The highest BCUT2D eigenvalue weighted by molar-refractivity contribution is 5.90. The summed E-state index contributed by atoms with van der Waals surface area (Å²) in [6.45, 7) is 2.20. The molecule has 0 aromatic rings. The first-order chi connectivity index (χ1) is 6.23. The van der Waals surface area contributed by atoms with E-state index in [1.54, 1.807) is 12.3 Å². The first kappa shape index (κ1) is 11.3. The van der Waals surface area contributed by atoms with Gasteiger partial charge in [-0.1, -0.05) is 20.8 Å². The van der Waals surface area contributed by atoms with Crippen LogP contribution in [0.1, 0.15) is 46.5 Å². The van der Waals surface area contributed by atoms with Gasteiger partial charge in [-0.15, -0.1) is 0 Å². The van der Waals surface area contributed by atoms with E-state index in [9.17, 15) is 4.79 Å². The maximum Gasteiger partial charge on any atom is 0.162 e. The van der Waals surface area contributed by atoms with Crippen LogP contribution in [0.5, 0.6) is 0 Å². The fraction of sp³-hybridized carbons (Fsp3) is 0.750. The highest BCUT2D eigenvalue weighted by Crippen LogP contribution is 2.40. The second-order valence-corrected chi connectivity index (χ2v) is 4.28. The molecule has 1 fully saturated rings. The summed E-state index contributed by atoms with van der Waals surface area (Å²) >= 11 is 0. The van der Waals surface area contributed by atoms with E-state index in [-0.39, 0.29) is 18.8 Å². The second-order valence-electron chi connectivity index (χ2n) is 4.28. The van der Waals surface area contributed by atoms with Gasteiger partial charge in [0.15, 0.2) is 5.78 Å². The van der Waals surface area contributed by atoms with Gasteiger partial charge < -0.3 is 4.74 Å². The molecule has 2 atom stereocenters. The summed E-state index contributed by atoms with van der Waals surface area (Å²) in [6.07, 6.45) is 8.45. The Kier molecular flexibility index (Phi) is 3.35. The molecule has 14 heavy (non-hydrogen) atoms. The van der Waals surface area contributed by atoms with Crippen molar-refractivity contribution in [3.05, 3.63) is 12.3 Å². The second kappa shape index (κ2) is 4.16. The third-order valence-electron chi connectivity index (χ3n) is 3.42. The lowest BCUT2D eigenvalue weighted by molar-refractivity contribution is -0.129. The largest absolute Gasteiger partial charge is 0.494 e. The summed E-state index contributed by atoms with van der Waals surface area (Å²) < 4.78 is 5.69. The van der Waals surface area contributed by atoms with Crippen LogP contribution in [0.15, 0.2) is 12.3 Å². The molecule has 0 saturated heterocycles. The monoisotopic (exact) mass is 196 g/mol. The van der Waals surface area contributed by atoms with Gasteiger partial charge in [0.05, 0.1) is 12.7 Å². The maximum absolute atomic E-state index is 11.3. The van der Waals surface area contributed by atoms with Gasteiger partial charge >= 0.3 is 0 Å². The van der Waals surface area contributed by atoms with Crippen LogP contribution in [0.3, 0.4) is 0 Å². The van der Waals surface area contributed by atoms with Crippen LogP contribution in [0.2, 0.25) is 0 Å². The van der Waals surface area contributed by atoms with E-state index >= 15 is 0 Å². The molecule has 1 heterocycles. The molecular formula is C12H20O2. The van der Waals surface area contributed by atoms with E-state index in [0.717, 1.165) is 6.42 Å². The molecule has 0 aromatic carbocycles. The van der Waals surface area contributed by atoms with Crippen molar-refractivity contribution in [3.63, 3.8) is 0 Å². The van der Waals surface area contributed by atoms with Crippen LogP contribution in [-0.4, -0.2) is 11.4 Å². The Morgan fingerprint density at radius 2 is 2.29 bits per heavy atom. The molecule has 0 bridgehead atoms. The van der Waals surface area contributed by atoms with Crippen molar-refractivity contribution in [1.29, 1.82) is 0 Å². The van der Waals surface area contributed by atoms with Crippen molar-refractivity contribution >= 4 is 5.78 Å². The predicted molar refractivity (Wildman–Crippen MR) is 56.9 cm³/mol. The van der Waals surface area contributed by atoms with Crippen molar-refractivity contribution in [1.82, 2.24) is 0 Å². The number of carbonyl (C=O) groups is 1. The van der Waals surface area contributed by atoms with Crippen molar-refractivity contribution in [2.75, 3.05) is 0 Å². The lowest BCUT2D eigenvalue weighted by atomic mass is 9.73. The molecule has 0 aromatic heterocycles. The average molecular weight is 196 g/mol. The van der Waals surface area contributed by atoms with Crippen molar-refractivity contribution in [3.8, 4) is 0 Å². The van der Waals surface area contributed by atoms with E-state index < -0.39 is 0 Å². The highest BCUT2D eigenvalue weighted by Gasteiger charge is 2.42. The van der Waals surface area contributed by atoms with Gasteiger partial charge in [-0.05, 0) is 25.2 Å². The fourth-order valence-electron chi connectivity index (χ4n) is 2.46. The van der Waals surface area contributed by atoms with Crippen LogP contribution in [-0.2, 0) is 9.53 Å². The first-order valence-corrected chi connectivity index (χ1v) is 5.10. The molecule has 1 aliphatic heterocycles. The van der Waals surface area contributed by atoms with Gasteiger partial charge in [0.25, 0.3) is 0 Å². The van der Waals surface area contributed by atoms with Gasteiger partial charge in [0.1, 0.15) is 5.60 Å². The Labute approximate surface area is 86.3 Å². The van der Waals surface area contributed by atoms with Crippen molar-refractivity contribution in [2.24, 2.45) is 5.92 Å². The number of rotatable bonds is 0. The Morgan fingerprint density at radius 1 is 1.50 bits per heavy atom. The first-order valence-electron chi connectivity index (χ1n) is 5.10.